The number of hydrogen-bond acceptors (Lipinski definition) is 7. The molecule has 0 bridgehead atoms. The molecule has 2 aromatic carbocycles. The van der Waals surface area contributed by atoms with Crippen molar-refractivity contribution in [2.24, 2.45) is 0 Å². The predicted octanol–water partition coefficient (Wildman–Crippen LogP) is 2.81. The maximum atomic E-state index is 15.2. The lowest BCUT2D eigenvalue weighted by molar-refractivity contribution is -0.119. The number of amides is 1. The van der Waals surface area contributed by atoms with Crippen LogP contribution in [-0.2, 0) is 24.7 Å². The van der Waals surface area contributed by atoms with Crippen molar-refractivity contribution in [1.82, 2.24) is 4.98 Å². The first-order chi connectivity index (χ1) is 16.5. The number of piperidine rings is 1. The van der Waals surface area contributed by atoms with Gasteiger partial charge in [-0.1, -0.05) is 24.3 Å². The lowest BCUT2D eigenvalue weighted by Crippen LogP contribution is -2.49. The highest BCUT2D eigenvalue weighted by Gasteiger charge is 2.40. The molecule has 9 nitrogen and oxygen atoms in total. The minimum Gasteiger partial charge on any atom is -0.384 e. The lowest BCUT2D eigenvalue weighted by Gasteiger charge is -2.32. The second kappa shape index (κ2) is 9.27. The lowest BCUT2D eigenvalue weighted by atomic mass is 10.0. The Hall–Kier alpha value is -3.51. The number of anilines is 3. The number of nitrogen functional groups attached to an aromatic ring is 1. The minimum atomic E-state index is -4.14. The Morgan fingerprint density at radius 1 is 1.09 bits per heavy atom. The van der Waals surface area contributed by atoms with Gasteiger partial charge in [0.25, 0.3) is 0 Å². The highest BCUT2D eigenvalue weighted by atomic mass is 32.2. The van der Waals surface area contributed by atoms with Crippen molar-refractivity contribution in [3.63, 3.8) is 0 Å². The van der Waals surface area contributed by atoms with E-state index in [9.17, 15) is 21.6 Å². The van der Waals surface area contributed by atoms with E-state index in [1.54, 1.807) is 18.2 Å². The van der Waals surface area contributed by atoms with Crippen LogP contribution in [0.3, 0.4) is 0 Å². The number of sulfonamides is 1. The number of nitrogens with two attached hydrogens (primary N) is 1. The van der Waals surface area contributed by atoms with Crippen molar-refractivity contribution < 1.29 is 26.0 Å². The smallest absolute Gasteiger partial charge is 0.247 e. The predicted molar refractivity (Wildman–Crippen MR) is 132 cm³/mol. The number of carbonyl (C=O) groups excluding carboxylic acids is 1. The maximum absolute atomic E-state index is 15.2. The van der Waals surface area contributed by atoms with Crippen LogP contribution in [0.4, 0.5) is 21.6 Å². The van der Waals surface area contributed by atoms with Gasteiger partial charge in [0, 0.05) is 18.4 Å². The Labute approximate surface area is 202 Å². The Morgan fingerprint density at radius 2 is 1.83 bits per heavy atom. The zero-order valence-corrected chi connectivity index (χ0v) is 20.3. The van der Waals surface area contributed by atoms with Crippen LogP contribution >= 0.6 is 0 Å². The molecule has 1 aliphatic rings. The second-order valence-corrected chi connectivity index (χ2v) is 12.0. The van der Waals surface area contributed by atoms with Crippen LogP contribution in [0.15, 0.2) is 65.7 Å². The highest BCUT2D eigenvalue weighted by molar-refractivity contribution is 7.94. The van der Waals surface area contributed by atoms with E-state index in [0.717, 1.165) is 17.2 Å². The summed E-state index contributed by atoms with van der Waals surface area (Å²) in [5.41, 5.74) is 6.24. The summed E-state index contributed by atoms with van der Waals surface area (Å²) in [5.74, 6) is -1.31. The van der Waals surface area contributed by atoms with Crippen LogP contribution < -0.4 is 15.4 Å². The molecule has 12 heteroatoms. The van der Waals surface area contributed by atoms with E-state index in [0.29, 0.717) is 17.5 Å². The summed E-state index contributed by atoms with van der Waals surface area (Å²) >= 11 is 0. The zero-order chi connectivity index (χ0) is 25.4. The molecule has 0 radical (unpaired) electrons. The van der Waals surface area contributed by atoms with Gasteiger partial charge in [-0.2, -0.15) is 0 Å². The summed E-state index contributed by atoms with van der Waals surface area (Å²) in [4.78, 5) is 18.1. The molecule has 2 heterocycles. The van der Waals surface area contributed by atoms with Gasteiger partial charge < -0.3 is 10.6 Å². The van der Waals surface area contributed by atoms with Crippen molar-refractivity contribution in [2.45, 2.75) is 23.0 Å². The summed E-state index contributed by atoms with van der Waals surface area (Å²) in [6.45, 7) is 0.143. The Kier molecular flexibility index (Phi) is 6.52. The van der Waals surface area contributed by atoms with Crippen molar-refractivity contribution in [3.8, 4) is 11.1 Å². The van der Waals surface area contributed by atoms with Gasteiger partial charge in [0.05, 0.1) is 22.5 Å². The van der Waals surface area contributed by atoms with E-state index in [1.807, 2.05) is 0 Å². The van der Waals surface area contributed by atoms with E-state index in [1.165, 1.54) is 36.5 Å². The van der Waals surface area contributed by atoms with Gasteiger partial charge in [-0.3, -0.25) is 9.52 Å². The summed E-state index contributed by atoms with van der Waals surface area (Å²) < 4.78 is 67.6. The number of halogens is 1. The number of benzene rings is 2. The summed E-state index contributed by atoms with van der Waals surface area (Å²) in [6, 6.07) is 13.1. The van der Waals surface area contributed by atoms with E-state index in [4.69, 9.17) is 5.73 Å². The summed E-state index contributed by atoms with van der Waals surface area (Å²) in [7, 11) is -7.69. The van der Waals surface area contributed by atoms with E-state index >= 15 is 4.39 Å². The van der Waals surface area contributed by atoms with Gasteiger partial charge in [-0.15, -0.1) is 0 Å². The largest absolute Gasteiger partial charge is 0.384 e. The van der Waals surface area contributed by atoms with Crippen LogP contribution in [-0.4, -0.2) is 45.8 Å². The van der Waals surface area contributed by atoms with Crippen molar-refractivity contribution in [3.05, 3.63) is 66.6 Å². The number of aromatic nitrogens is 1. The number of hydrogen-bond donors (Lipinski definition) is 2. The average Bonchev–Trinajstić information content (AvgIpc) is 2.80. The Balaban J connectivity index is 1.62. The normalized spacial score (nSPS) is 16.8. The van der Waals surface area contributed by atoms with Crippen LogP contribution in [0, 0.1) is 5.82 Å². The van der Waals surface area contributed by atoms with Crippen LogP contribution in [0.25, 0.3) is 11.1 Å². The van der Waals surface area contributed by atoms with Crippen molar-refractivity contribution in [1.29, 1.82) is 0 Å². The van der Waals surface area contributed by atoms with Gasteiger partial charge in [-0.05, 0) is 48.7 Å². The van der Waals surface area contributed by atoms with E-state index in [2.05, 4.69) is 9.71 Å². The standard InChI is InChI=1S/C23H23FN4O5S2/c1-34(30,31)20-6-3-2-5-17(20)15-8-10-19(18(24)13-15)28-12-4-7-21(23(28)29)35(32,33)27-16-9-11-22(25)26-14-16/h2-3,5-6,8-11,13-14,21,27H,4,7,12H2,1H3,(H2,25,26). The highest BCUT2D eigenvalue weighted by Crippen LogP contribution is 2.33. The Morgan fingerprint density at radius 3 is 2.49 bits per heavy atom. The van der Waals surface area contributed by atoms with Crippen LogP contribution in [0.5, 0.6) is 0 Å². The quantitative estimate of drug-likeness (QED) is 0.511. The van der Waals surface area contributed by atoms with E-state index in [-0.39, 0.29) is 35.1 Å². The molecule has 0 saturated carbocycles. The first kappa shape index (κ1) is 24.6. The molecule has 1 fully saturated rings. The van der Waals surface area contributed by atoms with E-state index < -0.39 is 36.8 Å². The number of pyridine rings is 1. The summed E-state index contributed by atoms with van der Waals surface area (Å²) in [5, 5.41) is -1.42. The van der Waals surface area contributed by atoms with Crippen molar-refractivity contribution >= 4 is 43.0 Å². The van der Waals surface area contributed by atoms with Gasteiger partial charge in [0.15, 0.2) is 15.1 Å². The van der Waals surface area contributed by atoms with Crippen LogP contribution in [0.1, 0.15) is 12.8 Å². The first-order valence-corrected chi connectivity index (χ1v) is 14.0. The molecule has 0 spiro atoms. The molecule has 1 unspecified atom stereocenters. The SMILES string of the molecule is CS(=O)(=O)c1ccccc1-c1ccc(N2CCCC(S(=O)(=O)Nc3ccc(N)nc3)C2=O)c(F)c1. The minimum absolute atomic E-state index is 0.0515. The number of rotatable bonds is 6. The second-order valence-electron chi connectivity index (χ2n) is 8.17. The molecular formula is C23H23FN4O5S2. The average molecular weight is 519 g/mol. The first-order valence-electron chi connectivity index (χ1n) is 10.6. The molecule has 184 valence electrons. The molecule has 4 rings (SSSR count). The van der Waals surface area contributed by atoms with Gasteiger partial charge in [-0.25, -0.2) is 26.2 Å². The summed E-state index contributed by atoms with van der Waals surface area (Å²) in [6.07, 6.45) is 2.73. The van der Waals surface area contributed by atoms with Gasteiger partial charge in [0.1, 0.15) is 11.6 Å². The number of nitrogens with zero attached hydrogens (tertiary/aromatic N) is 2. The van der Waals surface area contributed by atoms with Gasteiger partial charge >= 0.3 is 0 Å². The molecule has 1 aliphatic heterocycles. The molecular weight excluding hydrogens is 495 g/mol. The topological polar surface area (TPSA) is 140 Å². The van der Waals surface area contributed by atoms with Crippen LogP contribution in [0.2, 0.25) is 0 Å². The molecule has 35 heavy (non-hydrogen) atoms. The third-order valence-electron chi connectivity index (χ3n) is 5.65. The molecule has 3 aromatic rings. The zero-order valence-electron chi connectivity index (χ0n) is 18.7. The number of sulfone groups is 1. The number of carbonyl (C=O) groups is 1. The van der Waals surface area contributed by atoms with Gasteiger partial charge in [0.2, 0.25) is 15.9 Å². The maximum Gasteiger partial charge on any atom is 0.247 e. The van der Waals surface area contributed by atoms with Crippen molar-refractivity contribution in [2.75, 3.05) is 28.2 Å². The molecule has 1 atom stereocenters. The third-order valence-corrected chi connectivity index (χ3v) is 8.51. The number of nitrogens with one attached hydrogen (secondary N) is 1. The molecule has 1 amide bonds. The fourth-order valence-electron chi connectivity index (χ4n) is 3.99. The molecule has 1 aromatic heterocycles. The molecule has 1 saturated heterocycles. The Bertz CT molecular complexity index is 1490. The fourth-order valence-corrected chi connectivity index (χ4v) is 6.36. The molecule has 3 N–H and O–H groups in total. The fraction of sp³-hybridized carbons (Fsp3) is 0.217. The monoisotopic (exact) mass is 518 g/mol. The molecule has 0 aliphatic carbocycles. The third kappa shape index (κ3) is 5.13.